The van der Waals surface area contributed by atoms with Crippen molar-refractivity contribution in [3.63, 3.8) is 0 Å². The molecule has 314 valence electrons. The maximum absolute atomic E-state index is 14.0. The van der Waals surface area contributed by atoms with Gasteiger partial charge in [0.2, 0.25) is 11.8 Å². The minimum atomic E-state index is -0.694. The quantitative estimate of drug-likeness (QED) is 0.113. The molecule has 4 amide bonds. The van der Waals surface area contributed by atoms with Crippen molar-refractivity contribution >= 4 is 46.1 Å². The molecule has 60 heavy (non-hydrogen) atoms. The fourth-order valence-corrected chi connectivity index (χ4v) is 10.2. The average Bonchev–Trinajstić information content (AvgIpc) is 3.70. The molecule has 4 aliphatic rings. The molecule has 14 heteroatoms. The Morgan fingerprint density at radius 1 is 0.617 bits per heavy atom. The van der Waals surface area contributed by atoms with E-state index in [2.05, 4.69) is 83.0 Å². The average molecular weight is 815 g/mol. The van der Waals surface area contributed by atoms with E-state index in [0.29, 0.717) is 23.7 Å². The molecule has 0 bridgehead atoms. The summed E-state index contributed by atoms with van der Waals surface area (Å²) in [4.78, 5) is 73.3. The molecule has 10 atom stereocenters. The fraction of sp³-hybridized carbons (Fsp3) is 0.478. The third-order valence-electron chi connectivity index (χ3n) is 13.8. The van der Waals surface area contributed by atoms with Crippen LogP contribution >= 0.6 is 0 Å². The number of piperidine rings is 2. The second-order valence-corrected chi connectivity index (χ2v) is 18.0. The summed E-state index contributed by atoms with van der Waals surface area (Å²) < 4.78 is 9.67. The van der Waals surface area contributed by atoms with E-state index in [4.69, 9.17) is 19.4 Å². The highest BCUT2D eigenvalue weighted by molar-refractivity contribution is 5.89. The topological polar surface area (TPSA) is 175 Å². The molecule has 2 aliphatic carbocycles. The van der Waals surface area contributed by atoms with Crippen LogP contribution in [0, 0.1) is 35.5 Å². The van der Waals surface area contributed by atoms with E-state index in [9.17, 15) is 19.2 Å². The van der Waals surface area contributed by atoms with Gasteiger partial charge in [0.25, 0.3) is 0 Å². The largest absolute Gasteiger partial charge is 0.453 e. The highest BCUT2D eigenvalue weighted by Gasteiger charge is 2.62. The summed E-state index contributed by atoms with van der Waals surface area (Å²) in [6.45, 7) is 12.1. The summed E-state index contributed by atoms with van der Waals surface area (Å²) in [6, 6.07) is 19.3. The first-order chi connectivity index (χ1) is 28.8. The first-order valence-corrected chi connectivity index (χ1v) is 21.2. The molecule has 5 unspecified atom stereocenters. The van der Waals surface area contributed by atoms with Gasteiger partial charge in [0.1, 0.15) is 23.7 Å². The van der Waals surface area contributed by atoms with E-state index in [0.717, 1.165) is 68.8 Å². The standard InChI is InChI=1S/C46H54N8O6/c1-21(2)37(51-45(57)59-7)43(55)53-35(19-29-23(5)39(29)53)41-47-31-15-13-27(17-33(31)49-41)25-9-11-26(12-10-25)28-14-16-32-34(18-28)50-42(48-32)36-20-30-24(6)40(30)54(36)44(56)38(22(3)4)52-46(58)60-8/h9-18,21-24,29-30,35-40H,19-20H2,1-8H3,(H,47,49)(H,48,50)(H,51,57)(H,52,58)/t23-,24-,29?,30?,35+,36+,37+,38?,39?,40?/m1/s1. The van der Waals surface area contributed by atoms with Crippen LogP contribution in [0.3, 0.4) is 0 Å². The molecule has 2 aromatic heterocycles. The zero-order valence-corrected chi connectivity index (χ0v) is 35.4. The molecule has 4 N–H and O–H groups in total. The van der Waals surface area contributed by atoms with Crippen LogP contribution in [0.15, 0.2) is 60.7 Å². The van der Waals surface area contributed by atoms with Gasteiger partial charge in [0.05, 0.1) is 48.4 Å². The van der Waals surface area contributed by atoms with Crippen molar-refractivity contribution in [2.45, 2.75) is 90.6 Å². The predicted octanol–water partition coefficient (Wildman–Crippen LogP) is 7.35. The highest BCUT2D eigenvalue weighted by Crippen LogP contribution is 2.59. The minimum absolute atomic E-state index is 0.102. The number of alkyl carbamates (subject to hydrolysis) is 2. The van der Waals surface area contributed by atoms with Gasteiger partial charge in [0, 0.05) is 12.1 Å². The summed E-state index contributed by atoms with van der Waals surface area (Å²) in [6.07, 6.45) is 0.427. The number of nitrogens with zero attached hydrogens (tertiary/aromatic N) is 4. The number of H-pyrrole nitrogens is 2. The van der Waals surface area contributed by atoms with Gasteiger partial charge >= 0.3 is 12.2 Å². The van der Waals surface area contributed by atoms with Crippen molar-refractivity contribution in [3.05, 3.63) is 72.3 Å². The number of fused-ring (bicyclic) bond motifs is 4. The monoisotopic (exact) mass is 814 g/mol. The number of carbonyl (C=O) groups is 4. The molecule has 2 saturated carbocycles. The van der Waals surface area contributed by atoms with Gasteiger partial charge in [-0.3, -0.25) is 9.59 Å². The van der Waals surface area contributed by atoms with Gasteiger partial charge in [-0.15, -0.1) is 0 Å². The normalized spacial score (nSPS) is 26.2. The predicted molar refractivity (Wildman–Crippen MR) is 226 cm³/mol. The SMILES string of the molecule is COC(=O)NC(C(=O)N1C2C(C[C@H]1c1nc3ccc(-c4ccc(-c5ccc6nc([C@@H]7CC8C([C@@H]8C)N7C(=O)[C@@H](NC(=O)OC)C(C)C)[nH]c6c5)cc4)cc3[nH]1)[C@H]2C)C(C)C. The van der Waals surface area contributed by atoms with Crippen LogP contribution in [0.1, 0.15) is 78.1 Å². The van der Waals surface area contributed by atoms with Gasteiger partial charge in [-0.2, -0.15) is 0 Å². The van der Waals surface area contributed by atoms with Crippen LogP contribution < -0.4 is 10.6 Å². The molecular weight excluding hydrogens is 761 g/mol. The molecule has 2 aliphatic heterocycles. The van der Waals surface area contributed by atoms with Crippen molar-refractivity contribution < 1.29 is 28.7 Å². The highest BCUT2D eigenvalue weighted by atomic mass is 16.5. The van der Waals surface area contributed by atoms with Crippen LogP contribution in [0.5, 0.6) is 0 Å². The second kappa shape index (κ2) is 15.0. The van der Waals surface area contributed by atoms with E-state index >= 15 is 0 Å². The van der Waals surface area contributed by atoms with E-state index < -0.39 is 24.3 Å². The maximum atomic E-state index is 14.0. The smallest absolute Gasteiger partial charge is 0.407 e. The molecule has 5 aromatic rings. The maximum Gasteiger partial charge on any atom is 0.407 e. The van der Waals surface area contributed by atoms with E-state index in [1.54, 1.807) is 0 Å². The lowest BCUT2D eigenvalue weighted by molar-refractivity contribution is -0.137. The number of amides is 4. The van der Waals surface area contributed by atoms with Gasteiger partial charge in [-0.05, 0) is 94.9 Å². The first-order valence-electron chi connectivity index (χ1n) is 21.2. The van der Waals surface area contributed by atoms with Crippen molar-refractivity contribution in [2.75, 3.05) is 14.2 Å². The number of benzene rings is 3. The van der Waals surface area contributed by atoms with Crippen LogP contribution in [-0.4, -0.2) is 92.1 Å². The molecule has 14 nitrogen and oxygen atoms in total. The van der Waals surface area contributed by atoms with Crippen molar-refractivity contribution in [2.24, 2.45) is 35.5 Å². The van der Waals surface area contributed by atoms with E-state index in [-0.39, 0.29) is 47.8 Å². The summed E-state index contributed by atoms with van der Waals surface area (Å²) in [5.74, 6) is 2.73. The Labute approximate surface area is 349 Å². The Hall–Kier alpha value is -5.92. The molecule has 3 aromatic carbocycles. The van der Waals surface area contributed by atoms with Gasteiger partial charge in [0.15, 0.2) is 0 Å². The van der Waals surface area contributed by atoms with Crippen LogP contribution in [0.4, 0.5) is 9.59 Å². The van der Waals surface area contributed by atoms with Gasteiger partial charge in [-0.1, -0.05) is 77.9 Å². The molecule has 4 fully saturated rings. The number of methoxy groups -OCH3 is 2. The van der Waals surface area contributed by atoms with Crippen molar-refractivity contribution in [1.82, 2.24) is 40.4 Å². The Balaban J connectivity index is 0.925. The van der Waals surface area contributed by atoms with Crippen LogP contribution in [0.2, 0.25) is 0 Å². The Kier molecular flexibility index (Phi) is 9.86. The lowest BCUT2D eigenvalue weighted by atomic mass is 10.00. The molecule has 2 saturated heterocycles. The fourth-order valence-electron chi connectivity index (χ4n) is 10.2. The number of nitrogens with one attached hydrogen (secondary N) is 4. The number of carbonyl (C=O) groups excluding carboxylic acids is 4. The number of rotatable bonds is 10. The lowest BCUT2D eigenvalue weighted by Gasteiger charge is -2.32. The second-order valence-electron chi connectivity index (χ2n) is 18.0. The number of imidazole rings is 2. The molecule has 0 spiro atoms. The van der Waals surface area contributed by atoms with E-state index in [1.165, 1.54) is 14.2 Å². The number of hydrogen-bond donors (Lipinski definition) is 4. The summed E-state index contributed by atoms with van der Waals surface area (Å²) in [5.41, 5.74) is 7.67. The number of aromatic amines is 2. The third kappa shape index (κ3) is 6.73. The van der Waals surface area contributed by atoms with Crippen LogP contribution in [0.25, 0.3) is 44.3 Å². The molecule has 9 rings (SSSR count). The first kappa shape index (κ1) is 39.5. The molecule has 4 heterocycles. The number of likely N-dealkylation sites (tertiary alicyclic amines) is 2. The van der Waals surface area contributed by atoms with Crippen LogP contribution in [-0.2, 0) is 19.1 Å². The minimum Gasteiger partial charge on any atom is -0.453 e. The Morgan fingerprint density at radius 3 is 1.33 bits per heavy atom. The zero-order valence-electron chi connectivity index (χ0n) is 35.4. The summed E-state index contributed by atoms with van der Waals surface area (Å²) >= 11 is 0. The number of aromatic nitrogens is 4. The van der Waals surface area contributed by atoms with E-state index in [1.807, 2.05) is 49.6 Å². The van der Waals surface area contributed by atoms with Gasteiger partial charge < -0.3 is 39.9 Å². The lowest BCUT2D eigenvalue weighted by Crippen LogP contribution is -2.52. The third-order valence-corrected chi connectivity index (χ3v) is 13.8. The van der Waals surface area contributed by atoms with Crippen molar-refractivity contribution in [1.29, 1.82) is 0 Å². The summed E-state index contributed by atoms with van der Waals surface area (Å²) in [5, 5.41) is 5.53. The zero-order chi connectivity index (χ0) is 42.3. The molecule has 0 radical (unpaired) electrons. The summed E-state index contributed by atoms with van der Waals surface area (Å²) in [7, 11) is 2.61. The Morgan fingerprint density at radius 2 is 0.983 bits per heavy atom. The number of hydrogen-bond acceptors (Lipinski definition) is 8. The van der Waals surface area contributed by atoms with Crippen molar-refractivity contribution in [3.8, 4) is 22.3 Å². The van der Waals surface area contributed by atoms with Gasteiger partial charge in [-0.25, -0.2) is 19.6 Å². The Bertz CT molecular complexity index is 2320. The molecular formula is C46H54N8O6. The number of ether oxygens (including phenoxy) is 2.